The van der Waals surface area contributed by atoms with E-state index in [1.807, 2.05) is 24.3 Å². The first-order chi connectivity index (χ1) is 12.7. The first kappa shape index (κ1) is 19.7. The molecule has 2 aromatic carbocycles. The van der Waals surface area contributed by atoms with Gasteiger partial charge in [0.05, 0.1) is 6.61 Å². The molecule has 0 aliphatic carbocycles. The zero-order valence-corrected chi connectivity index (χ0v) is 15.4. The normalized spacial score (nSPS) is 10.9. The van der Waals surface area contributed by atoms with Gasteiger partial charge in [-0.1, -0.05) is 49.8 Å². The molecule has 0 spiro atoms. The minimum absolute atomic E-state index is 0.0115. The number of hydrogen-bond acceptors (Lipinski definition) is 4. The van der Waals surface area contributed by atoms with Crippen LogP contribution in [0.2, 0.25) is 0 Å². The Labute approximate surface area is 155 Å². The molecule has 2 rings (SSSR count). The summed E-state index contributed by atoms with van der Waals surface area (Å²) in [6.07, 6.45) is 5.14. The third kappa shape index (κ3) is 5.74. The number of ether oxygens (including phenoxy) is 2. The molecule has 0 atom stereocenters. The molecule has 0 unspecified atom stereocenters. The van der Waals surface area contributed by atoms with E-state index in [0.717, 1.165) is 29.5 Å². The fourth-order valence-electron chi connectivity index (χ4n) is 2.72. The average molecular weight is 354 g/mol. The van der Waals surface area contributed by atoms with E-state index in [4.69, 9.17) is 14.6 Å². The lowest BCUT2D eigenvalue weighted by molar-refractivity contribution is -0.139. The SMILES string of the molecule is C/C=C/C(=O)OCc1cc(CCC)ccc1-c1ccc(OCCO)cc1. The molecule has 4 nitrogen and oxygen atoms in total. The highest BCUT2D eigenvalue weighted by Crippen LogP contribution is 2.28. The van der Waals surface area contributed by atoms with Crippen molar-refractivity contribution in [3.05, 3.63) is 65.7 Å². The third-order valence-electron chi connectivity index (χ3n) is 3.91. The molecular weight excluding hydrogens is 328 g/mol. The molecule has 26 heavy (non-hydrogen) atoms. The number of benzene rings is 2. The van der Waals surface area contributed by atoms with Crippen LogP contribution >= 0.6 is 0 Å². The van der Waals surface area contributed by atoms with Crippen LogP contribution in [0.15, 0.2) is 54.6 Å². The lowest BCUT2D eigenvalue weighted by atomic mass is 9.96. The second kappa shape index (κ2) is 10.4. The van der Waals surface area contributed by atoms with Crippen LogP contribution in [0.3, 0.4) is 0 Å². The first-order valence-electron chi connectivity index (χ1n) is 8.93. The maximum atomic E-state index is 11.7. The number of carbonyl (C=O) groups excluding carboxylic acids is 1. The van der Waals surface area contributed by atoms with E-state index < -0.39 is 0 Å². The monoisotopic (exact) mass is 354 g/mol. The standard InChI is InChI=1S/C22H26O4/c1-3-5-17-7-12-21(19(15-17)16-26-22(24)6-4-2)18-8-10-20(11-9-18)25-14-13-23/h4,6-12,15,23H,3,5,13-14,16H2,1-2H3/b6-4+. The van der Waals surface area contributed by atoms with Gasteiger partial charge in [-0.15, -0.1) is 0 Å². The van der Waals surface area contributed by atoms with Gasteiger partial charge in [-0.25, -0.2) is 4.79 Å². The van der Waals surface area contributed by atoms with Crippen LogP contribution in [0.1, 0.15) is 31.4 Å². The molecule has 0 aliphatic heterocycles. The smallest absolute Gasteiger partial charge is 0.330 e. The molecule has 0 heterocycles. The quantitative estimate of drug-likeness (QED) is 0.539. The molecule has 0 aromatic heterocycles. The van der Waals surface area contributed by atoms with Crippen LogP contribution in [-0.2, 0) is 22.6 Å². The Kier molecular flexibility index (Phi) is 7.90. The Morgan fingerprint density at radius 3 is 2.58 bits per heavy atom. The molecule has 0 saturated heterocycles. The molecule has 1 N–H and O–H groups in total. The minimum Gasteiger partial charge on any atom is -0.491 e. The first-order valence-corrected chi connectivity index (χ1v) is 8.93. The average Bonchev–Trinajstić information content (AvgIpc) is 2.66. The fraction of sp³-hybridized carbons (Fsp3) is 0.318. The van der Waals surface area contributed by atoms with Crippen molar-refractivity contribution >= 4 is 5.97 Å². The second-order valence-electron chi connectivity index (χ2n) is 5.95. The Morgan fingerprint density at radius 2 is 1.92 bits per heavy atom. The number of aliphatic hydroxyl groups is 1. The van der Waals surface area contributed by atoms with Crippen molar-refractivity contribution in [2.75, 3.05) is 13.2 Å². The topological polar surface area (TPSA) is 55.8 Å². The van der Waals surface area contributed by atoms with E-state index in [2.05, 4.69) is 25.1 Å². The van der Waals surface area contributed by atoms with E-state index in [-0.39, 0.29) is 25.8 Å². The minimum atomic E-state index is -0.341. The van der Waals surface area contributed by atoms with Crippen LogP contribution in [0.5, 0.6) is 5.75 Å². The number of allylic oxidation sites excluding steroid dienone is 1. The summed E-state index contributed by atoms with van der Waals surface area (Å²) in [5, 5.41) is 8.84. The molecular formula is C22H26O4. The van der Waals surface area contributed by atoms with Gasteiger partial charge in [0.1, 0.15) is 19.0 Å². The summed E-state index contributed by atoms with van der Waals surface area (Å²) in [4.78, 5) is 11.7. The van der Waals surface area contributed by atoms with Gasteiger partial charge in [-0.05, 0) is 47.7 Å². The van der Waals surface area contributed by atoms with Crippen LogP contribution in [-0.4, -0.2) is 24.3 Å². The summed E-state index contributed by atoms with van der Waals surface area (Å²) in [6, 6.07) is 14.0. The Balaban J connectivity index is 2.26. The molecule has 0 aliphatic rings. The molecule has 0 radical (unpaired) electrons. The number of esters is 1. The summed E-state index contributed by atoms with van der Waals surface area (Å²) in [5.41, 5.74) is 4.28. The predicted octanol–water partition coefficient (Wildman–Crippen LogP) is 4.30. The molecule has 0 fully saturated rings. The highest BCUT2D eigenvalue weighted by atomic mass is 16.5. The zero-order chi connectivity index (χ0) is 18.8. The molecule has 2 aromatic rings. The maximum absolute atomic E-state index is 11.7. The highest BCUT2D eigenvalue weighted by molar-refractivity contribution is 5.82. The van der Waals surface area contributed by atoms with Gasteiger partial charge >= 0.3 is 5.97 Å². The number of aliphatic hydroxyl groups excluding tert-OH is 1. The summed E-state index contributed by atoms with van der Waals surface area (Å²) in [7, 11) is 0. The van der Waals surface area contributed by atoms with E-state index in [9.17, 15) is 4.79 Å². The number of rotatable bonds is 9. The number of aryl methyl sites for hydroxylation is 1. The summed E-state index contributed by atoms with van der Waals surface area (Å²) >= 11 is 0. The highest BCUT2D eigenvalue weighted by Gasteiger charge is 2.09. The van der Waals surface area contributed by atoms with Gasteiger partial charge in [0.15, 0.2) is 0 Å². The van der Waals surface area contributed by atoms with Crippen molar-refractivity contribution in [2.45, 2.75) is 33.3 Å². The van der Waals surface area contributed by atoms with Crippen molar-refractivity contribution < 1.29 is 19.4 Å². The van der Waals surface area contributed by atoms with Crippen molar-refractivity contribution in [3.8, 4) is 16.9 Å². The third-order valence-corrected chi connectivity index (χ3v) is 3.91. The van der Waals surface area contributed by atoms with E-state index in [1.54, 1.807) is 13.0 Å². The van der Waals surface area contributed by atoms with E-state index in [1.165, 1.54) is 11.6 Å². The second-order valence-corrected chi connectivity index (χ2v) is 5.95. The van der Waals surface area contributed by atoms with Crippen LogP contribution < -0.4 is 4.74 Å². The van der Waals surface area contributed by atoms with Gasteiger partial charge in [-0.3, -0.25) is 0 Å². The summed E-state index contributed by atoms with van der Waals surface area (Å²) < 4.78 is 10.8. The number of hydrogen-bond donors (Lipinski definition) is 1. The summed E-state index contributed by atoms with van der Waals surface area (Å²) in [6.45, 7) is 4.43. The fourth-order valence-corrected chi connectivity index (χ4v) is 2.72. The Hall–Kier alpha value is -2.59. The number of carbonyl (C=O) groups is 1. The lowest BCUT2D eigenvalue weighted by Gasteiger charge is -2.13. The van der Waals surface area contributed by atoms with Crippen LogP contribution in [0.25, 0.3) is 11.1 Å². The van der Waals surface area contributed by atoms with Crippen LogP contribution in [0.4, 0.5) is 0 Å². The van der Waals surface area contributed by atoms with Gasteiger partial charge in [0.2, 0.25) is 0 Å². The Bertz CT molecular complexity index is 732. The maximum Gasteiger partial charge on any atom is 0.330 e. The van der Waals surface area contributed by atoms with Gasteiger partial charge in [0.25, 0.3) is 0 Å². The molecule has 138 valence electrons. The molecule has 4 heteroatoms. The van der Waals surface area contributed by atoms with Crippen molar-refractivity contribution in [3.63, 3.8) is 0 Å². The van der Waals surface area contributed by atoms with E-state index in [0.29, 0.717) is 5.75 Å². The zero-order valence-electron chi connectivity index (χ0n) is 15.4. The lowest BCUT2D eigenvalue weighted by Crippen LogP contribution is -2.03. The Morgan fingerprint density at radius 1 is 1.15 bits per heavy atom. The van der Waals surface area contributed by atoms with Crippen LogP contribution in [0, 0.1) is 0 Å². The largest absolute Gasteiger partial charge is 0.491 e. The molecule has 0 amide bonds. The van der Waals surface area contributed by atoms with Gasteiger partial charge < -0.3 is 14.6 Å². The van der Waals surface area contributed by atoms with Gasteiger partial charge in [-0.2, -0.15) is 0 Å². The van der Waals surface area contributed by atoms with Crippen molar-refractivity contribution in [1.29, 1.82) is 0 Å². The molecule has 0 saturated carbocycles. The van der Waals surface area contributed by atoms with Crippen molar-refractivity contribution in [1.82, 2.24) is 0 Å². The summed E-state index contributed by atoms with van der Waals surface area (Å²) in [5.74, 6) is 0.374. The van der Waals surface area contributed by atoms with E-state index >= 15 is 0 Å². The molecule has 0 bridgehead atoms. The predicted molar refractivity (Wildman–Crippen MR) is 103 cm³/mol. The van der Waals surface area contributed by atoms with Gasteiger partial charge in [0, 0.05) is 6.08 Å². The van der Waals surface area contributed by atoms with Crippen molar-refractivity contribution in [2.24, 2.45) is 0 Å².